The van der Waals surface area contributed by atoms with Gasteiger partial charge in [-0.3, -0.25) is 4.79 Å². The van der Waals surface area contributed by atoms with Crippen LogP contribution in [0.15, 0.2) is 18.2 Å². The van der Waals surface area contributed by atoms with E-state index < -0.39 is 18.7 Å². The summed E-state index contributed by atoms with van der Waals surface area (Å²) in [6, 6.07) is 4.47. The van der Waals surface area contributed by atoms with E-state index in [1.807, 2.05) is 6.92 Å². The fraction of sp³-hybridized carbons (Fsp3) is 0.632. The number of unbranched alkanes of at least 4 members (excludes halogenated alkanes) is 1. The Hall–Kier alpha value is -1.96. The van der Waals surface area contributed by atoms with Crippen LogP contribution in [0, 0.1) is 0 Å². The maximum absolute atomic E-state index is 12.6. The quantitative estimate of drug-likeness (QED) is 0.634. The van der Waals surface area contributed by atoms with Gasteiger partial charge in [0.25, 0.3) is 5.91 Å². The first-order chi connectivity index (χ1) is 12.9. The average Bonchev–Trinajstić information content (AvgIpc) is 2.65. The standard InChI is InChI=1S/C19H27F3N2O3/c1-2-3-10-26-15-7-8-17(27-13-19(20,21)22)16(11-15)18(25)24-12-14-6-4-5-9-23-14/h7-8,11,14,23H,2-6,9-10,12-13H2,1H3,(H,24,25). The summed E-state index contributed by atoms with van der Waals surface area (Å²) in [7, 11) is 0. The third kappa shape index (κ3) is 7.66. The third-order valence-corrected chi connectivity index (χ3v) is 4.28. The highest BCUT2D eigenvalue weighted by Crippen LogP contribution is 2.27. The van der Waals surface area contributed by atoms with E-state index >= 15 is 0 Å². The first-order valence-electron chi connectivity index (χ1n) is 9.37. The zero-order valence-corrected chi connectivity index (χ0v) is 15.5. The van der Waals surface area contributed by atoms with E-state index in [0.717, 1.165) is 38.6 Å². The molecule has 5 nitrogen and oxygen atoms in total. The Kier molecular flexibility index (Phi) is 8.22. The van der Waals surface area contributed by atoms with Gasteiger partial charge in [0.15, 0.2) is 6.61 Å². The molecule has 1 aliphatic rings. The Morgan fingerprint density at radius 2 is 2.11 bits per heavy atom. The Morgan fingerprint density at radius 1 is 1.30 bits per heavy atom. The van der Waals surface area contributed by atoms with Crippen LogP contribution in [0.25, 0.3) is 0 Å². The molecule has 0 radical (unpaired) electrons. The second-order valence-corrected chi connectivity index (χ2v) is 6.62. The van der Waals surface area contributed by atoms with Crippen LogP contribution in [0.1, 0.15) is 49.4 Å². The maximum atomic E-state index is 12.6. The van der Waals surface area contributed by atoms with Crippen molar-refractivity contribution in [2.24, 2.45) is 0 Å². The topological polar surface area (TPSA) is 59.6 Å². The van der Waals surface area contributed by atoms with Crippen LogP contribution in [0.5, 0.6) is 11.5 Å². The molecule has 0 saturated carbocycles. The van der Waals surface area contributed by atoms with Crippen molar-refractivity contribution < 1.29 is 27.4 Å². The summed E-state index contributed by atoms with van der Waals surface area (Å²) in [6.45, 7) is 2.37. The molecular weight excluding hydrogens is 361 g/mol. The Morgan fingerprint density at radius 3 is 2.78 bits per heavy atom. The first-order valence-corrected chi connectivity index (χ1v) is 9.37. The molecule has 152 valence electrons. The molecule has 1 atom stereocenters. The number of amides is 1. The van der Waals surface area contributed by atoms with Gasteiger partial charge in [-0.25, -0.2) is 0 Å². The summed E-state index contributed by atoms with van der Waals surface area (Å²) in [6.07, 6.45) is 0.481. The molecule has 1 unspecified atom stereocenters. The van der Waals surface area contributed by atoms with Gasteiger partial charge in [-0.2, -0.15) is 13.2 Å². The fourth-order valence-electron chi connectivity index (χ4n) is 2.81. The molecule has 1 heterocycles. The van der Waals surface area contributed by atoms with E-state index in [-0.39, 0.29) is 17.4 Å². The molecule has 1 amide bonds. The molecule has 1 aliphatic heterocycles. The molecule has 0 bridgehead atoms. The van der Waals surface area contributed by atoms with Crippen LogP contribution in [-0.4, -0.2) is 44.4 Å². The zero-order valence-electron chi connectivity index (χ0n) is 15.5. The number of alkyl halides is 3. The van der Waals surface area contributed by atoms with Crippen LogP contribution in [0.4, 0.5) is 13.2 Å². The predicted octanol–water partition coefficient (Wildman–Crippen LogP) is 3.68. The summed E-state index contributed by atoms with van der Waals surface area (Å²) >= 11 is 0. The molecule has 1 saturated heterocycles. The SMILES string of the molecule is CCCCOc1ccc(OCC(F)(F)F)c(C(=O)NCC2CCCCN2)c1. The van der Waals surface area contributed by atoms with Crippen LogP contribution >= 0.6 is 0 Å². The maximum Gasteiger partial charge on any atom is 0.422 e. The molecule has 1 aromatic carbocycles. The van der Waals surface area contributed by atoms with Crippen LogP contribution in [-0.2, 0) is 0 Å². The number of benzene rings is 1. The summed E-state index contributed by atoms with van der Waals surface area (Å²) in [5.41, 5.74) is 0.0454. The lowest BCUT2D eigenvalue weighted by Gasteiger charge is -2.24. The summed E-state index contributed by atoms with van der Waals surface area (Å²) in [5, 5.41) is 6.09. The Balaban J connectivity index is 2.06. The number of carbonyl (C=O) groups excluding carboxylic acids is 1. The van der Waals surface area contributed by atoms with Crippen molar-refractivity contribution in [1.82, 2.24) is 10.6 Å². The lowest BCUT2D eigenvalue weighted by Crippen LogP contribution is -2.43. The molecule has 0 spiro atoms. The molecule has 1 fully saturated rings. The highest BCUT2D eigenvalue weighted by atomic mass is 19.4. The van der Waals surface area contributed by atoms with Crippen LogP contribution in [0.3, 0.4) is 0 Å². The fourth-order valence-corrected chi connectivity index (χ4v) is 2.81. The molecular formula is C19H27F3N2O3. The number of rotatable bonds is 9. The van der Waals surface area contributed by atoms with Crippen molar-refractivity contribution in [3.8, 4) is 11.5 Å². The number of hydrogen-bond acceptors (Lipinski definition) is 4. The monoisotopic (exact) mass is 388 g/mol. The van der Waals surface area contributed by atoms with Crippen molar-refractivity contribution in [3.05, 3.63) is 23.8 Å². The van der Waals surface area contributed by atoms with Crippen molar-refractivity contribution >= 4 is 5.91 Å². The van der Waals surface area contributed by atoms with E-state index in [0.29, 0.717) is 18.9 Å². The highest BCUT2D eigenvalue weighted by molar-refractivity contribution is 5.97. The minimum Gasteiger partial charge on any atom is -0.494 e. The van der Waals surface area contributed by atoms with Gasteiger partial charge in [0.05, 0.1) is 12.2 Å². The molecule has 1 aromatic rings. The van der Waals surface area contributed by atoms with E-state index in [1.165, 1.54) is 18.2 Å². The van der Waals surface area contributed by atoms with Crippen molar-refractivity contribution in [2.45, 2.75) is 51.2 Å². The van der Waals surface area contributed by atoms with Gasteiger partial charge in [0.1, 0.15) is 11.5 Å². The van der Waals surface area contributed by atoms with E-state index in [2.05, 4.69) is 10.6 Å². The summed E-state index contributed by atoms with van der Waals surface area (Å²) < 4.78 is 47.9. The predicted molar refractivity (Wildman–Crippen MR) is 96.4 cm³/mol. The van der Waals surface area contributed by atoms with Crippen LogP contribution < -0.4 is 20.1 Å². The van der Waals surface area contributed by atoms with Gasteiger partial charge >= 0.3 is 6.18 Å². The molecule has 0 aliphatic carbocycles. The number of piperidine rings is 1. The normalized spacial score (nSPS) is 17.4. The van der Waals surface area contributed by atoms with Crippen molar-refractivity contribution in [2.75, 3.05) is 26.3 Å². The third-order valence-electron chi connectivity index (χ3n) is 4.28. The van der Waals surface area contributed by atoms with Crippen molar-refractivity contribution in [1.29, 1.82) is 0 Å². The molecule has 2 N–H and O–H groups in total. The highest BCUT2D eigenvalue weighted by Gasteiger charge is 2.29. The second kappa shape index (κ2) is 10.4. The zero-order chi connectivity index (χ0) is 19.7. The van der Waals surface area contributed by atoms with E-state index in [1.54, 1.807) is 0 Å². The van der Waals surface area contributed by atoms with Gasteiger partial charge in [0.2, 0.25) is 0 Å². The van der Waals surface area contributed by atoms with E-state index in [4.69, 9.17) is 9.47 Å². The summed E-state index contributed by atoms with van der Waals surface area (Å²) in [5.74, 6) is -0.145. The number of hydrogen-bond donors (Lipinski definition) is 2. The number of ether oxygens (including phenoxy) is 2. The number of nitrogens with one attached hydrogen (secondary N) is 2. The Bertz CT molecular complexity index is 602. The first kappa shape index (κ1) is 21.3. The number of halogens is 3. The van der Waals surface area contributed by atoms with Crippen LogP contribution in [0.2, 0.25) is 0 Å². The Labute approximate surface area is 157 Å². The molecule has 8 heteroatoms. The van der Waals surface area contributed by atoms with Gasteiger partial charge in [0, 0.05) is 12.6 Å². The molecule has 27 heavy (non-hydrogen) atoms. The largest absolute Gasteiger partial charge is 0.494 e. The van der Waals surface area contributed by atoms with Gasteiger partial charge < -0.3 is 20.1 Å². The smallest absolute Gasteiger partial charge is 0.422 e. The van der Waals surface area contributed by atoms with Gasteiger partial charge in [-0.15, -0.1) is 0 Å². The molecule has 0 aromatic heterocycles. The summed E-state index contributed by atoms with van der Waals surface area (Å²) in [4.78, 5) is 12.6. The average molecular weight is 388 g/mol. The minimum atomic E-state index is -4.48. The van der Waals surface area contributed by atoms with Crippen molar-refractivity contribution in [3.63, 3.8) is 0 Å². The van der Waals surface area contributed by atoms with Gasteiger partial charge in [-0.05, 0) is 44.0 Å². The molecule has 2 rings (SSSR count). The van der Waals surface area contributed by atoms with E-state index in [9.17, 15) is 18.0 Å². The van der Waals surface area contributed by atoms with Gasteiger partial charge in [-0.1, -0.05) is 19.8 Å². The number of carbonyl (C=O) groups is 1. The lowest BCUT2D eigenvalue weighted by molar-refractivity contribution is -0.153. The second-order valence-electron chi connectivity index (χ2n) is 6.62. The lowest BCUT2D eigenvalue weighted by atomic mass is 10.0. The minimum absolute atomic E-state index is 0.0454.